The lowest BCUT2D eigenvalue weighted by Crippen LogP contribution is -2.24. The van der Waals surface area contributed by atoms with Crippen molar-refractivity contribution in [3.8, 4) is 0 Å². The van der Waals surface area contributed by atoms with E-state index in [1.54, 1.807) is 7.05 Å². The number of nitrogens with two attached hydrogens (primary N) is 1. The molecule has 2 rings (SSSR count). The first-order chi connectivity index (χ1) is 8.65. The molecule has 1 unspecified atom stereocenters. The molecule has 0 radical (unpaired) electrons. The van der Waals surface area contributed by atoms with Gasteiger partial charge in [-0.25, -0.2) is 0 Å². The molecule has 0 saturated heterocycles. The summed E-state index contributed by atoms with van der Waals surface area (Å²) in [7, 11) is 1.69. The predicted octanol–water partition coefficient (Wildman–Crippen LogP) is 2.00. The topological polar surface area (TPSA) is 60.9 Å². The molecule has 0 bridgehead atoms. The van der Waals surface area contributed by atoms with Crippen LogP contribution in [0.5, 0.6) is 0 Å². The fourth-order valence-electron chi connectivity index (χ4n) is 1.93. The van der Waals surface area contributed by atoms with Gasteiger partial charge >= 0.3 is 0 Å². The van der Waals surface area contributed by atoms with E-state index in [-0.39, 0.29) is 18.2 Å². The number of Topliss-reactive ketones (excluding diaryl/α,β-unsaturated/α-hetero) is 1. The SMILES string of the molecule is Cn1ncc(Cl)c1C(=O)C(CN)c1ccccc1. The fourth-order valence-corrected chi connectivity index (χ4v) is 2.19. The minimum absolute atomic E-state index is 0.103. The zero-order valence-corrected chi connectivity index (χ0v) is 10.8. The van der Waals surface area contributed by atoms with Crippen molar-refractivity contribution in [2.45, 2.75) is 5.92 Å². The summed E-state index contributed by atoms with van der Waals surface area (Å²) in [5.74, 6) is -0.493. The van der Waals surface area contributed by atoms with Gasteiger partial charge < -0.3 is 5.73 Å². The normalized spacial score (nSPS) is 12.4. The molecule has 2 N–H and O–H groups in total. The number of nitrogens with zero attached hydrogens (tertiary/aromatic N) is 2. The minimum Gasteiger partial charge on any atom is -0.329 e. The van der Waals surface area contributed by atoms with Crippen molar-refractivity contribution in [2.24, 2.45) is 12.8 Å². The quantitative estimate of drug-likeness (QED) is 0.859. The molecule has 0 saturated carbocycles. The Bertz CT molecular complexity index is 531. The lowest BCUT2D eigenvalue weighted by Gasteiger charge is -2.14. The second-order valence-corrected chi connectivity index (χ2v) is 4.44. The van der Waals surface area contributed by atoms with Crippen LogP contribution in [0.2, 0.25) is 5.02 Å². The molecule has 2 aromatic rings. The largest absolute Gasteiger partial charge is 0.329 e. The van der Waals surface area contributed by atoms with E-state index in [0.29, 0.717) is 10.7 Å². The Morgan fingerprint density at radius 1 is 1.44 bits per heavy atom. The maximum absolute atomic E-state index is 12.5. The van der Waals surface area contributed by atoms with Crippen molar-refractivity contribution in [2.75, 3.05) is 6.54 Å². The summed E-state index contributed by atoms with van der Waals surface area (Å²) >= 11 is 5.98. The predicted molar refractivity (Wildman–Crippen MR) is 70.8 cm³/mol. The maximum atomic E-state index is 12.5. The summed E-state index contributed by atoms with van der Waals surface area (Å²) < 4.78 is 1.48. The highest BCUT2D eigenvalue weighted by Crippen LogP contribution is 2.24. The highest BCUT2D eigenvalue weighted by atomic mass is 35.5. The third kappa shape index (κ3) is 2.30. The van der Waals surface area contributed by atoms with Gasteiger partial charge in [-0.1, -0.05) is 41.9 Å². The van der Waals surface area contributed by atoms with Crippen LogP contribution in [0.1, 0.15) is 22.0 Å². The van der Waals surface area contributed by atoms with E-state index < -0.39 is 0 Å². The number of carbonyl (C=O) groups is 1. The van der Waals surface area contributed by atoms with Crippen molar-refractivity contribution in [1.29, 1.82) is 0 Å². The van der Waals surface area contributed by atoms with E-state index >= 15 is 0 Å². The van der Waals surface area contributed by atoms with Gasteiger partial charge in [0.2, 0.25) is 0 Å². The Morgan fingerprint density at radius 2 is 2.11 bits per heavy atom. The van der Waals surface area contributed by atoms with Crippen molar-refractivity contribution < 1.29 is 4.79 Å². The summed E-state index contributed by atoms with van der Waals surface area (Å²) in [4.78, 5) is 12.5. The zero-order valence-electron chi connectivity index (χ0n) is 10.0. The monoisotopic (exact) mass is 263 g/mol. The molecule has 18 heavy (non-hydrogen) atoms. The van der Waals surface area contributed by atoms with Gasteiger partial charge in [0.15, 0.2) is 5.78 Å². The third-order valence-electron chi connectivity index (χ3n) is 2.88. The molecular weight excluding hydrogens is 250 g/mol. The van der Waals surface area contributed by atoms with Crippen molar-refractivity contribution >= 4 is 17.4 Å². The number of ketones is 1. The average molecular weight is 264 g/mol. The summed E-state index contributed by atoms with van der Waals surface area (Å²) in [5.41, 5.74) is 7.01. The molecule has 1 aromatic carbocycles. The number of benzene rings is 1. The molecule has 0 aliphatic heterocycles. The first-order valence-electron chi connectivity index (χ1n) is 5.62. The molecule has 1 atom stereocenters. The Hall–Kier alpha value is -1.65. The number of halogens is 1. The molecule has 5 heteroatoms. The number of rotatable bonds is 4. The van der Waals surface area contributed by atoms with Crippen molar-refractivity contribution in [3.05, 3.63) is 52.8 Å². The van der Waals surface area contributed by atoms with Crippen LogP contribution in [0.25, 0.3) is 0 Å². The first-order valence-corrected chi connectivity index (χ1v) is 5.99. The molecule has 1 heterocycles. The first kappa shape index (κ1) is 12.8. The summed E-state index contributed by atoms with van der Waals surface area (Å²) in [5, 5.41) is 4.33. The van der Waals surface area contributed by atoms with Crippen LogP contribution in [0.15, 0.2) is 36.5 Å². The number of aromatic nitrogens is 2. The van der Waals surface area contributed by atoms with Crippen LogP contribution in [0, 0.1) is 0 Å². The van der Waals surface area contributed by atoms with E-state index in [1.807, 2.05) is 30.3 Å². The lowest BCUT2D eigenvalue weighted by atomic mass is 9.93. The zero-order chi connectivity index (χ0) is 13.1. The minimum atomic E-state index is -0.390. The van der Waals surface area contributed by atoms with Crippen LogP contribution < -0.4 is 5.73 Å². The molecule has 4 nitrogen and oxygen atoms in total. The Morgan fingerprint density at radius 3 is 2.61 bits per heavy atom. The molecule has 0 amide bonds. The molecule has 0 aliphatic rings. The van der Waals surface area contributed by atoms with E-state index in [4.69, 9.17) is 17.3 Å². The van der Waals surface area contributed by atoms with Crippen LogP contribution in [0.4, 0.5) is 0 Å². The van der Waals surface area contributed by atoms with Gasteiger partial charge in [-0.3, -0.25) is 9.48 Å². The third-order valence-corrected chi connectivity index (χ3v) is 3.16. The van der Waals surface area contributed by atoms with Gasteiger partial charge in [0, 0.05) is 13.6 Å². The standard InChI is InChI=1S/C13H14ClN3O/c1-17-12(11(14)8-16-17)13(18)10(7-15)9-5-3-2-4-6-9/h2-6,8,10H,7,15H2,1H3. The van der Waals surface area contributed by atoms with Gasteiger partial charge in [-0.05, 0) is 5.56 Å². The molecule has 0 spiro atoms. The molecule has 1 aromatic heterocycles. The van der Waals surface area contributed by atoms with Crippen LogP contribution in [0.3, 0.4) is 0 Å². The van der Waals surface area contributed by atoms with Gasteiger partial charge in [0.1, 0.15) is 5.69 Å². The van der Waals surface area contributed by atoms with E-state index in [9.17, 15) is 4.79 Å². The Kier molecular flexibility index (Phi) is 3.79. The van der Waals surface area contributed by atoms with Crippen molar-refractivity contribution in [3.63, 3.8) is 0 Å². The smallest absolute Gasteiger partial charge is 0.191 e. The molecular formula is C13H14ClN3O. The van der Waals surface area contributed by atoms with E-state index in [0.717, 1.165) is 5.56 Å². The molecule has 0 fully saturated rings. The second-order valence-electron chi connectivity index (χ2n) is 4.03. The lowest BCUT2D eigenvalue weighted by molar-refractivity contribution is 0.0953. The molecule has 0 aliphatic carbocycles. The van der Waals surface area contributed by atoms with Crippen LogP contribution >= 0.6 is 11.6 Å². The van der Waals surface area contributed by atoms with Crippen LogP contribution in [-0.2, 0) is 7.05 Å². The van der Waals surface area contributed by atoms with Crippen LogP contribution in [-0.4, -0.2) is 22.1 Å². The maximum Gasteiger partial charge on any atom is 0.191 e. The Balaban J connectivity index is 2.38. The highest BCUT2D eigenvalue weighted by molar-refractivity contribution is 6.33. The van der Waals surface area contributed by atoms with Gasteiger partial charge in [-0.15, -0.1) is 0 Å². The van der Waals surface area contributed by atoms with Gasteiger partial charge in [0.25, 0.3) is 0 Å². The summed E-state index contributed by atoms with van der Waals surface area (Å²) in [6.07, 6.45) is 1.47. The number of carbonyl (C=O) groups excluding carboxylic acids is 1. The molecule has 94 valence electrons. The highest BCUT2D eigenvalue weighted by Gasteiger charge is 2.25. The Labute approximate surface area is 110 Å². The van der Waals surface area contributed by atoms with E-state index in [1.165, 1.54) is 10.9 Å². The fraction of sp³-hybridized carbons (Fsp3) is 0.231. The van der Waals surface area contributed by atoms with Gasteiger partial charge in [0.05, 0.1) is 17.1 Å². The van der Waals surface area contributed by atoms with Gasteiger partial charge in [-0.2, -0.15) is 5.10 Å². The number of hydrogen-bond donors (Lipinski definition) is 1. The second kappa shape index (κ2) is 5.33. The number of hydrogen-bond acceptors (Lipinski definition) is 3. The number of aryl methyl sites for hydroxylation is 1. The average Bonchev–Trinajstić information content (AvgIpc) is 2.71. The summed E-state index contributed by atoms with van der Waals surface area (Å²) in [6, 6.07) is 9.45. The summed E-state index contributed by atoms with van der Waals surface area (Å²) in [6.45, 7) is 0.240. The van der Waals surface area contributed by atoms with Crippen molar-refractivity contribution in [1.82, 2.24) is 9.78 Å². The van der Waals surface area contributed by atoms with E-state index in [2.05, 4.69) is 5.10 Å².